The van der Waals surface area contributed by atoms with Gasteiger partial charge >= 0.3 is 0 Å². The van der Waals surface area contributed by atoms with Gasteiger partial charge in [-0.25, -0.2) is 8.42 Å². The summed E-state index contributed by atoms with van der Waals surface area (Å²) < 4.78 is 24.2. The third-order valence-electron chi connectivity index (χ3n) is 3.53. The Bertz CT molecular complexity index is 812. The molecule has 0 bridgehead atoms. The molecule has 0 fully saturated rings. The molecule has 0 aliphatic heterocycles. The normalized spacial score (nSPS) is 11.0. The largest absolute Gasteiger partial charge is 0.352 e. The molecule has 1 amide bonds. The predicted molar refractivity (Wildman–Crippen MR) is 91.9 cm³/mol. The Morgan fingerprint density at radius 3 is 2.08 bits per heavy atom. The monoisotopic (exact) mass is 345 g/mol. The minimum absolute atomic E-state index is 0.0272. The lowest BCUT2D eigenvalue weighted by Crippen LogP contribution is -2.26. The molecule has 0 atom stereocenters. The van der Waals surface area contributed by atoms with Crippen LogP contribution in [0.4, 0.5) is 0 Å². The van der Waals surface area contributed by atoms with Crippen LogP contribution in [0, 0.1) is 0 Å². The summed E-state index contributed by atoms with van der Waals surface area (Å²) in [7, 11) is -3.33. The van der Waals surface area contributed by atoms with Crippen molar-refractivity contribution in [1.29, 1.82) is 0 Å². The average Bonchev–Trinajstić information content (AvgIpc) is 2.59. The smallest absolute Gasteiger partial charge is 0.251 e. The summed E-state index contributed by atoms with van der Waals surface area (Å²) in [5.41, 5.74) is 0.978. The molecule has 2 aromatic rings. The summed E-state index contributed by atoms with van der Waals surface area (Å²) in [4.78, 5) is 23.5. The van der Waals surface area contributed by atoms with E-state index in [0.717, 1.165) is 0 Å². The first-order chi connectivity index (χ1) is 11.4. The van der Waals surface area contributed by atoms with Gasteiger partial charge in [0.05, 0.1) is 10.6 Å². The van der Waals surface area contributed by atoms with Crippen molar-refractivity contribution in [2.75, 3.05) is 12.3 Å². The Balaban J connectivity index is 1.83. The fraction of sp³-hybridized carbons (Fsp3) is 0.222. The lowest BCUT2D eigenvalue weighted by atomic mass is 10.1. The van der Waals surface area contributed by atoms with Gasteiger partial charge in [0.25, 0.3) is 5.91 Å². The molecule has 126 valence electrons. The molecule has 0 radical (unpaired) electrons. The maximum atomic E-state index is 12.1. The lowest BCUT2D eigenvalue weighted by Gasteiger charge is -2.07. The first-order valence-corrected chi connectivity index (χ1v) is 9.22. The summed E-state index contributed by atoms with van der Waals surface area (Å²) in [6.07, 6.45) is 0.328. The summed E-state index contributed by atoms with van der Waals surface area (Å²) in [6, 6.07) is 14.6. The molecular weight excluding hydrogens is 326 g/mol. The Morgan fingerprint density at radius 1 is 0.917 bits per heavy atom. The average molecular weight is 345 g/mol. The first kappa shape index (κ1) is 17.9. The van der Waals surface area contributed by atoms with Crippen LogP contribution in [0.2, 0.25) is 0 Å². The SMILES string of the molecule is CC(=O)c1ccc(C(=O)NCCCS(=O)(=O)c2ccccc2)cc1. The van der Waals surface area contributed by atoms with Crippen LogP contribution < -0.4 is 5.32 Å². The number of carbonyl (C=O) groups is 2. The Kier molecular flexibility index (Phi) is 5.87. The van der Waals surface area contributed by atoms with Crippen LogP contribution >= 0.6 is 0 Å². The predicted octanol–water partition coefficient (Wildman–Crippen LogP) is 2.48. The van der Waals surface area contributed by atoms with Gasteiger partial charge in [-0.1, -0.05) is 30.3 Å². The number of sulfone groups is 1. The first-order valence-electron chi connectivity index (χ1n) is 7.57. The van der Waals surface area contributed by atoms with Crippen LogP contribution in [0.3, 0.4) is 0 Å². The van der Waals surface area contributed by atoms with Gasteiger partial charge < -0.3 is 5.32 Å². The Morgan fingerprint density at radius 2 is 1.50 bits per heavy atom. The van der Waals surface area contributed by atoms with Gasteiger partial charge in [0, 0.05) is 17.7 Å². The van der Waals surface area contributed by atoms with Gasteiger partial charge in [0.15, 0.2) is 15.6 Å². The zero-order valence-corrected chi connectivity index (χ0v) is 14.2. The number of nitrogens with one attached hydrogen (secondary N) is 1. The third-order valence-corrected chi connectivity index (χ3v) is 5.35. The van der Waals surface area contributed by atoms with E-state index in [9.17, 15) is 18.0 Å². The highest BCUT2D eigenvalue weighted by molar-refractivity contribution is 7.91. The molecule has 0 unspecified atom stereocenters. The van der Waals surface area contributed by atoms with Crippen molar-refractivity contribution in [1.82, 2.24) is 5.32 Å². The number of carbonyl (C=O) groups excluding carboxylic acids is 2. The molecule has 0 aliphatic carbocycles. The van der Waals surface area contributed by atoms with Gasteiger partial charge in [0.2, 0.25) is 0 Å². The van der Waals surface area contributed by atoms with Crippen molar-refractivity contribution < 1.29 is 18.0 Å². The minimum Gasteiger partial charge on any atom is -0.352 e. The van der Waals surface area contributed by atoms with E-state index >= 15 is 0 Å². The molecule has 1 N–H and O–H groups in total. The second-order valence-corrected chi connectivity index (χ2v) is 7.48. The zero-order chi connectivity index (χ0) is 17.6. The summed E-state index contributed by atoms with van der Waals surface area (Å²) >= 11 is 0. The molecule has 6 heteroatoms. The van der Waals surface area contributed by atoms with Crippen molar-refractivity contribution in [2.24, 2.45) is 0 Å². The molecule has 0 aliphatic rings. The molecular formula is C18H19NO4S. The highest BCUT2D eigenvalue weighted by Gasteiger charge is 2.13. The number of amides is 1. The maximum absolute atomic E-state index is 12.1. The van der Waals surface area contributed by atoms with E-state index in [1.54, 1.807) is 54.6 Å². The van der Waals surface area contributed by atoms with E-state index in [1.807, 2.05) is 0 Å². The van der Waals surface area contributed by atoms with Gasteiger partial charge in [0.1, 0.15) is 0 Å². The van der Waals surface area contributed by atoms with Crippen LogP contribution in [0.1, 0.15) is 34.1 Å². The lowest BCUT2D eigenvalue weighted by molar-refractivity contribution is 0.0951. The highest BCUT2D eigenvalue weighted by atomic mass is 32.2. The molecule has 5 nitrogen and oxygen atoms in total. The van der Waals surface area contributed by atoms with E-state index in [-0.39, 0.29) is 28.9 Å². The molecule has 0 aromatic heterocycles. The molecule has 2 rings (SSSR count). The highest BCUT2D eigenvalue weighted by Crippen LogP contribution is 2.11. The maximum Gasteiger partial charge on any atom is 0.251 e. The number of benzene rings is 2. The van der Waals surface area contributed by atoms with E-state index in [0.29, 0.717) is 17.5 Å². The summed E-state index contributed by atoms with van der Waals surface area (Å²) in [5.74, 6) is -0.379. The summed E-state index contributed by atoms with van der Waals surface area (Å²) in [6.45, 7) is 1.72. The van der Waals surface area contributed by atoms with Crippen molar-refractivity contribution in [3.8, 4) is 0 Å². The molecule has 0 saturated heterocycles. The molecule has 0 spiro atoms. The topological polar surface area (TPSA) is 80.3 Å². The second-order valence-electron chi connectivity index (χ2n) is 5.37. The number of ketones is 1. The Hall–Kier alpha value is -2.47. The number of rotatable bonds is 7. The van der Waals surface area contributed by atoms with Crippen LogP contribution in [-0.4, -0.2) is 32.4 Å². The van der Waals surface area contributed by atoms with Crippen molar-refractivity contribution >= 4 is 21.5 Å². The number of hydrogen-bond acceptors (Lipinski definition) is 4. The van der Waals surface area contributed by atoms with Gasteiger partial charge in [-0.15, -0.1) is 0 Å². The quantitative estimate of drug-likeness (QED) is 0.617. The van der Waals surface area contributed by atoms with Gasteiger partial charge in [-0.05, 0) is 37.6 Å². The van der Waals surface area contributed by atoms with Gasteiger partial charge in [-0.2, -0.15) is 0 Å². The van der Waals surface area contributed by atoms with E-state index < -0.39 is 9.84 Å². The van der Waals surface area contributed by atoms with E-state index in [1.165, 1.54) is 6.92 Å². The standard InChI is InChI=1S/C18H19NO4S/c1-14(20)15-8-10-16(11-9-15)18(21)19-12-5-13-24(22,23)17-6-3-2-4-7-17/h2-4,6-11H,5,12-13H2,1H3,(H,19,21). The fourth-order valence-electron chi connectivity index (χ4n) is 2.17. The molecule has 0 saturated carbocycles. The van der Waals surface area contributed by atoms with Crippen LogP contribution in [-0.2, 0) is 9.84 Å². The van der Waals surface area contributed by atoms with Gasteiger partial charge in [-0.3, -0.25) is 9.59 Å². The number of hydrogen-bond donors (Lipinski definition) is 1. The molecule has 24 heavy (non-hydrogen) atoms. The van der Waals surface area contributed by atoms with E-state index in [2.05, 4.69) is 5.32 Å². The fourth-order valence-corrected chi connectivity index (χ4v) is 3.50. The third kappa shape index (κ3) is 4.76. The van der Waals surface area contributed by atoms with E-state index in [4.69, 9.17) is 0 Å². The van der Waals surface area contributed by atoms with Crippen LogP contribution in [0.25, 0.3) is 0 Å². The van der Waals surface area contributed by atoms with Crippen LogP contribution in [0.15, 0.2) is 59.5 Å². The van der Waals surface area contributed by atoms with Crippen molar-refractivity contribution in [3.05, 3.63) is 65.7 Å². The molecule has 2 aromatic carbocycles. The van der Waals surface area contributed by atoms with Crippen LogP contribution in [0.5, 0.6) is 0 Å². The summed E-state index contributed by atoms with van der Waals surface area (Å²) in [5, 5.41) is 2.68. The Labute approximate surface area is 141 Å². The second kappa shape index (κ2) is 7.88. The zero-order valence-electron chi connectivity index (χ0n) is 13.4. The number of Topliss-reactive ketones (excluding diaryl/α,β-unsaturated/α-hetero) is 1. The van der Waals surface area contributed by atoms with Crippen molar-refractivity contribution in [3.63, 3.8) is 0 Å². The molecule has 0 heterocycles. The minimum atomic E-state index is -3.33. The van der Waals surface area contributed by atoms with Crippen molar-refractivity contribution in [2.45, 2.75) is 18.2 Å².